The molecule has 8 nitrogen and oxygen atoms in total. The molecule has 0 spiro atoms. The average Bonchev–Trinajstić information content (AvgIpc) is 2.57. The van der Waals surface area contributed by atoms with Crippen molar-refractivity contribution in [1.82, 2.24) is 0 Å². The predicted molar refractivity (Wildman–Crippen MR) is 90.9 cm³/mol. The van der Waals surface area contributed by atoms with Gasteiger partial charge in [0.05, 0.1) is 12.7 Å². The van der Waals surface area contributed by atoms with Crippen LogP contribution in [-0.4, -0.2) is 57.7 Å². The first-order chi connectivity index (χ1) is 11.2. The van der Waals surface area contributed by atoms with Gasteiger partial charge in [0.2, 0.25) is 0 Å². The van der Waals surface area contributed by atoms with Crippen molar-refractivity contribution in [2.75, 3.05) is 13.2 Å². The lowest BCUT2D eigenvalue weighted by Crippen LogP contribution is -2.16. The second-order valence-corrected chi connectivity index (χ2v) is 3.71. The van der Waals surface area contributed by atoms with E-state index in [1.165, 1.54) is 0 Å². The molecule has 0 aliphatic carbocycles. The van der Waals surface area contributed by atoms with Gasteiger partial charge in [-0.05, 0) is 12.8 Å². The summed E-state index contributed by atoms with van der Waals surface area (Å²) in [6.45, 7) is 13.9. The van der Waals surface area contributed by atoms with Crippen LogP contribution in [0.3, 0.4) is 0 Å². The summed E-state index contributed by atoms with van der Waals surface area (Å²) in [5.74, 6) is -2.94. The van der Waals surface area contributed by atoms with E-state index in [1.54, 1.807) is 0 Å². The summed E-state index contributed by atoms with van der Waals surface area (Å²) >= 11 is 0. The van der Waals surface area contributed by atoms with Crippen molar-refractivity contribution >= 4 is 17.9 Å². The van der Waals surface area contributed by atoms with Gasteiger partial charge in [-0.2, -0.15) is 0 Å². The third-order valence-electron chi connectivity index (χ3n) is 1.74. The van der Waals surface area contributed by atoms with Crippen LogP contribution in [0, 0.1) is 0 Å². The Morgan fingerprint density at radius 3 is 1.33 bits per heavy atom. The summed E-state index contributed by atoms with van der Waals surface area (Å²) < 4.78 is 5.24. The molecule has 0 rings (SSSR count). The first-order valence-electron chi connectivity index (χ1n) is 6.95. The standard InChI is InChI=1S/C7H16O2.3C3H4O2/c1-3-5-9-7(4-2)6-8;3*1-2-3(4)5/h7-8H,3-6H2,1-2H3;3*2H,1H2,(H,4,5). The van der Waals surface area contributed by atoms with E-state index in [1.807, 2.05) is 6.92 Å². The van der Waals surface area contributed by atoms with E-state index in [0.717, 1.165) is 37.7 Å². The Bertz CT molecular complexity index is 316. The topological polar surface area (TPSA) is 141 Å². The molecular weight excluding hydrogens is 320 g/mol. The molecule has 140 valence electrons. The Morgan fingerprint density at radius 1 is 0.917 bits per heavy atom. The monoisotopic (exact) mass is 348 g/mol. The summed E-state index contributed by atoms with van der Waals surface area (Å²) in [6, 6.07) is 0. The van der Waals surface area contributed by atoms with E-state index < -0.39 is 17.9 Å². The summed E-state index contributed by atoms with van der Waals surface area (Å²) in [7, 11) is 0. The van der Waals surface area contributed by atoms with Crippen molar-refractivity contribution in [3.8, 4) is 0 Å². The Labute approximate surface area is 142 Å². The minimum absolute atomic E-state index is 0.0601. The van der Waals surface area contributed by atoms with Gasteiger partial charge in [-0.3, -0.25) is 0 Å². The lowest BCUT2D eigenvalue weighted by Gasteiger charge is -2.11. The molecule has 0 bridgehead atoms. The zero-order valence-electron chi connectivity index (χ0n) is 14.2. The molecule has 0 aromatic rings. The molecule has 1 atom stereocenters. The van der Waals surface area contributed by atoms with Crippen molar-refractivity contribution in [2.24, 2.45) is 0 Å². The number of carbonyl (C=O) groups is 3. The van der Waals surface area contributed by atoms with Crippen molar-refractivity contribution in [2.45, 2.75) is 32.8 Å². The van der Waals surface area contributed by atoms with Crippen LogP contribution >= 0.6 is 0 Å². The van der Waals surface area contributed by atoms with Crippen LogP contribution in [0.15, 0.2) is 38.0 Å². The highest BCUT2D eigenvalue weighted by Gasteiger charge is 2.01. The number of carboxylic acid groups (broad SMARTS) is 3. The van der Waals surface area contributed by atoms with Crippen molar-refractivity contribution in [3.63, 3.8) is 0 Å². The zero-order valence-corrected chi connectivity index (χ0v) is 14.2. The fourth-order valence-electron chi connectivity index (χ4n) is 0.584. The van der Waals surface area contributed by atoms with E-state index in [-0.39, 0.29) is 12.7 Å². The number of aliphatic hydroxyl groups is 1. The number of ether oxygens (including phenoxy) is 1. The minimum Gasteiger partial charge on any atom is -0.478 e. The van der Waals surface area contributed by atoms with E-state index in [2.05, 4.69) is 26.7 Å². The molecule has 0 aromatic carbocycles. The maximum atomic E-state index is 9.25. The normalized spacial score (nSPS) is 9.12. The van der Waals surface area contributed by atoms with Crippen LogP contribution in [0.2, 0.25) is 0 Å². The van der Waals surface area contributed by atoms with Gasteiger partial charge in [-0.25, -0.2) is 14.4 Å². The van der Waals surface area contributed by atoms with Crippen molar-refractivity contribution < 1.29 is 39.5 Å². The van der Waals surface area contributed by atoms with E-state index in [4.69, 9.17) is 25.2 Å². The molecule has 0 saturated heterocycles. The Kier molecular flexibility index (Phi) is 31.4. The van der Waals surface area contributed by atoms with Gasteiger partial charge in [-0.1, -0.05) is 33.6 Å². The highest BCUT2D eigenvalue weighted by atomic mass is 16.5. The summed E-state index contributed by atoms with van der Waals surface area (Å²) in [5.41, 5.74) is 0. The third-order valence-corrected chi connectivity index (χ3v) is 1.74. The molecule has 0 amide bonds. The van der Waals surface area contributed by atoms with E-state index in [0.29, 0.717) is 0 Å². The second-order valence-electron chi connectivity index (χ2n) is 3.71. The molecule has 8 heteroatoms. The quantitative estimate of drug-likeness (QED) is 0.488. The minimum atomic E-state index is -0.981. The highest BCUT2D eigenvalue weighted by Crippen LogP contribution is 1.96. The van der Waals surface area contributed by atoms with Gasteiger partial charge in [0.1, 0.15) is 0 Å². The fourth-order valence-corrected chi connectivity index (χ4v) is 0.584. The summed E-state index contributed by atoms with van der Waals surface area (Å²) in [6.07, 6.45) is 4.48. The average molecular weight is 348 g/mol. The molecule has 0 saturated carbocycles. The second kappa shape index (κ2) is 25.5. The summed E-state index contributed by atoms with van der Waals surface area (Å²) in [4.78, 5) is 27.8. The van der Waals surface area contributed by atoms with Gasteiger partial charge in [0.25, 0.3) is 0 Å². The van der Waals surface area contributed by atoms with Crippen LogP contribution in [-0.2, 0) is 19.1 Å². The maximum Gasteiger partial charge on any atom is 0.327 e. The molecule has 0 aliphatic rings. The molecule has 4 N–H and O–H groups in total. The van der Waals surface area contributed by atoms with Gasteiger partial charge in [0, 0.05) is 24.8 Å². The van der Waals surface area contributed by atoms with E-state index in [9.17, 15) is 14.4 Å². The molecule has 1 unspecified atom stereocenters. The number of rotatable bonds is 8. The SMILES string of the molecule is C=CC(=O)O.C=CC(=O)O.C=CC(=O)O.CCCOC(CC)CO. The molecule has 0 fully saturated rings. The lowest BCUT2D eigenvalue weighted by molar-refractivity contribution is -0.132. The van der Waals surface area contributed by atoms with Crippen LogP contribution in [0.5, 0.6) is 0 Å². The number of aliphatic carboxylic acids is 3. The smallest absolute Gasteiger partial charge is 0.327 e. The molecule has 24 heavy (non-hydrogen) atoms. The highest BCUT2D eigenvalue weighted by molar-refractivity contribution is 5.79. The largest absolute Gasteiger partial charge is 0.478 e. The van der Waals surface area contributed by atoms with Gasteiger partial charge in [0.15, 0.2) is 0 Å². The Hall–Kier alpha value is -2.45. The molecule has 0 aliphatic heterocycles. The predicted octanol–water partition coefficient (Wildman–Crippen LogP) is 1.95. The van der Waals surface area contributed by atoms with Crippen molar-refractivity contribution in [3.05, 3.63) is 38.0 Å². The molecule has 0 radical (unpaired) electrons. The van der Waals surface area contributed by atoms with Crippen LogP contribution in [0.25, 0.3) is 0 Å². The van der Waals surface area contributed by atoms with Gasteiger partial charge < -0.3 is 25.2 Å². The molecule has 0 aromatic heterocycles. The van der Waals surface area contributed by atoms with E-state index >= 15 is 0 Å². The summed E-state index contributed by atoms with van der Waals surface area (Å²) in [5, 5.41) is 31.4. The Balaban J connectivity index is -0.000000116. The van der Waals surface area contributed by atoms with Crippen molar-refractivity contribution in [1.29, 1.82) is 0 Å². The lowest BCUT2D eigenvalue weighted by atomic mass is 10.3. The number of hydrogen-bond donors (Lipinski definition) is 4. The van der Waals surface area contributed by atoms with Gasteiger partial charge >= 0.3 is 17.9 Å². The molecular formula is C16H28O8. The van der Waals surface area contributed by atoms with Gasteiger partial charge in [-0.15, -0.1) is 0 Å². The maximum absolute atomic E-state index is 9.25. The van der Waals surface area contributed by atoms with Crippen LogP contribution in [0.4, 0.5) is 0 Å². The number of aliphatic hydroxyl groups excluding tert-OH is 1. The first-order valence-corrected chi connectivity index (χ1v) is 6.95. The zero-order chi connectivity index (χ0) is 20.0. The molecule has 0 heterocycles. The number of hydrogen-bond acceptors (Lipinski definition) is 5. The van der Waals surface area contributed by atoms with Crippen LogP contribution in [0.1, 0.15) is 26.7 Å². The first kappa shape index (κ1) is 29.5. The fraction of sp³-hybridized carbons (Fsp3) is 0.438. The third kappa shape index (κ3) is 50.4. The van der Waals surface area contributed by atoms with Crippen LogP contribution < -0.4 is 0 Å². The number of carboxylic acids is 3. The Morgan fingerprint density at radius 2 is 1.21 bits per heavy atom.